The molecule has 0 N–H and O–H groups in total. The SMILES string of the molecule is Clc1ccc(Oc2cccc(C3(CC(Cl)(Cl)Cl)CO3)c2)nc1. The second-order valence-electron chi connectivity index (χ2n) is 5.02. The summed E-state index contributed by atoms with van der Waals surface area (Å²) in [5.41, 5.74) is 0.350. The summed E-state index contributed by atoms with van der Waals surface area (Å²) in [7, 11) is 0. The molecule has 22 heavy (non-hydrogen) atoms. The van der Waals surface area contributed by atoms with Crippen LogP contribution in [-0.2, 0) is 10.3 Å². The number of ether oxygens (including phenoxy) is 2. The highest BCUT2D eigenvalue weighted by Gasteiger charge is 2.51. The van der Waals surface area contributed by atoms with E-state index < -0.39 is 9.39 Å². The van der Waals surface area contributed by atoms with Crippen LogP contribution in [0.3, 0.4) is 0 Å². The fourth-order valence-corrected chi connectivity index (χ4v) is 2.93. The van der Waals surface area contributed by atoms with Gasteiger partial charge in [-0.3, -0.25) is 0 Å². The Labute approximate surface area is 148 Å². The van der Waals surface area contributed by atoms with Crippen LogP contribution in [0.25, 0.3) is 0 Å². The molecule has 1 saturated heterocycles. The summed E-state index contributed by atoms with van der Waals surface area (Å²) in [6, 6.07) is 10.9. The van der Waals surface area contributed by atoms with Crippen molar-refractivity contribution >= 4 is 46.4 Å². The number of benzene rings is 1. The van der Waals surface area contributed by atoms with Gasteiger partial charge >= 0.3 is 0 Å². The average Bonchev–Trinajstić information content (AvgIpc) is 3.21. The van der Waals surface area contributed by atoms with Crippen LogP contribution in [0.5, 0.6) is 11.6 Å². The van der Waals surface area contributed by atoms with Crippen LogP contribution in [0.15, 0.2) is 42.6 Å². The summed E-state index contributed by atoms with van der Waals surface area (Å²) in [6.07, 6.45) is 1.81. The zero-order valence-electron chi connectivity index (χ0n) is 11.2. The average molecular weight is 379 g/mol. The Kier molecular flexibility index (Phi) is 4.45. The van der Waals surface area contributed by atoms with E-state index in [1.54, 1.807) is 12.1 Å². The molecule has 0 radical (unpaired) electrons. The third kappa shape index (κ3) is 3.98. The molecule has 1 aromatic heterocycles. The van der Waals surface area contributed by atoms with Gasteiger partial charge in [0.25, 0.3) is 0 Å². The minimum absolute atomic E-state index is 0.285. The van der Waals surface area contributed by atoms with Gasteiger partial charge in [0.2, 0.25) is 5.88 Å². The third-order valence-electron chi connectivity index (χ3n) is 3.26. The van der Waals surface area contributed by atoms with E-state index in [0.717, 1.165) is 5.56 Å². The lowest BCUT2D eigenvalue weighted by Crippen LogP contribution is -2.18. The maximum Gasteiger partial charge on any atom is 0.219 e. The molecule has 7 heteroatoms. The Balaban J connectivity index is 1.80. The number of epoxide rings is 1. The van der Waals surface area contributed by atoms with Crippen LogP contribution >= 0.6 is 46.4 Å². The second kappa shape index (κ2) is 6.06. The predicted octanol–water partition coefficient (Wildman–Crippen LogP) is 5.51. The number of aromatic nitrogens is 1. The third-order valence-corrected chi connectivity index (χ3v) is 3.89. The number of alkyl halides is 3. The van der Waals surface area contributed by atoms with E-state index in [-0.39, 0.29) is 6.42 Å². The van der Waals surface area contributed by atoms with Crippen molar-refractivity contribution < 1.29 is 9.47 Å². The van der Waals surface area contributed by atoms with Gasteiger partial charge in [0, 0.05) is 18.7 Å². The van der Waals surface area contributed by atoms with Crippen LogP contribution in [0, 0.1) is 0 Å². The maximum atomic E-state index is 5.89. The van der Waals surface area contributed by atoms with Gasteiger partial charge in [-0.25, -0.2) is 4.98 Å². The predicted molar refractivity (Wildman–Crippen MR) is 88.3 cm³/mol. The van der Waals surface area contributed by atoms with Crippen molar-refractivity contribution in [3.8, 4) is 11.6 Å². The zero-order valence-corrected chi connectivity index (χ0v) is 14.3. The number of rotatable bonds is 4. The molecule has 1 atom stereocenters. The van der Waals surface area contributed by atoms with E-state index in [4.69, 9.17) is 55.9 Å². The van der Waals surface area contributed by atoms with Gasteiger partial charge in [0.05, 0.1) is 11.6 Å². The maximum absolute atomic E-state index is 5.89. The molecule has 0 aliphatic carbocycles. The van der Waals surface area contributed by atoms with Crippen molar-refractivity contribution in [3.05, 3.63) is 53.2 Å². The molecule has 0 amide bonds. The first-order chi connectivity index (χ1) is 10.4. The molecule has 1 unspecified atom stereocenters. The first kappa shape index (κ1) is 16.2. The Hall–Kier alpha value is -0.710. The Morgan fingerprint density at radius 2 is 2.00 bits per heavy atom. The molecule has 116 valence electrons. The normalized spacial score (nSPS) is 20.7. The number of hydrogen-bond acceptors (Lipinski definition) is 3. The summed E-state index contributed by atoms with van der Waals surface area (Å²) in [6.45, 7) is 0.517. The molecule has 1 aliphatic heterocycles. The highest BCUT2D eigenvalue weighted by Crippen LogP contribution is 2.50. The molecule has 1 aromatic carbocycles. The summed E-state index contributed by atoms with van der Waals surface area (Å²) < 4.78 is 9.87. The molecule has 2 aromatic rings. The number of nitrogens with zero attached hydrogens (tertiary/aromatic N) is 1. The van der Waals surface area contributed by atoms with E-state index in [1.165, 1.54) is 6.20 Å². The van der Waals surface area contributed by atoms with Crippen molar-refractivity contribution in [2.24, 2.45) is 0 Å². The minimum atomic E-state index is -1.37. The Morgan fingerprint density at radius 1 is 1.23 bits per heavy atom. The van der Waals surface area contributed by atoms with Gasteiger partial charge in [0.1, 0.15) is 11.4 Å². The summed E-state index contributed by atoms with van der Waals surface area (Å²) in [5.74, 6) is 1.08. The fourth-order valence-electron chi connectivity index (χ4n) is 2.17. The molecule has 1 aliphatic rings. The molecular weight excluding hydrogens is 368 g/mol. The van der Waals surface area contributed by atoms with Gasteiger partial charge in [-0.15, -0.1) is 0 Å². The first-order valence-electron chi connectivity index (χ1n) is 6.47. The Bertz CT molecular complexity index is 666. The van der Waals surface area contributed by atoms with Gasteiger partial charge in [0.15, 0.2) is 3.79 Å². The lowest BCUT2D eigenvalue weighted by Gasteiger charge is -2.18. The highest BCUT2D eigenvalue weighted by atomic mass is 35.6. The van der Waals surface area contributed by atoms with E-state index >= 15 is 0 Å². The molecule has 0 saturated carbocycles. The van der Waals surface area contributed by atoms with Crippen LogP contribution in [0.4, 0.5) is 0 Å². The monoisotopic (exact) mass is 377 g/mol. The van der Waals surface area contributed by atoms with E-state index in [2.05, 4.69) is 4.98 Å². The minimum Gasteiger partial charge on any atom is -0.439 e. The molecule has 2 heterocycles. The standard InChI is InChI=1S/C15H11Cl4NO2/c16-11-4-5-13(20-7-11)22-12-3-1-2-10(6-12)14(9-21-14)8-15(17,18)19/h1-7H,8-9H2. The van der Waals surface area contributed by atoms with E-state index in [9.17, 15) is 0 Å². The van der Waals surface area contributed by atoms with Crippen molar-refractivity contribution in [2.45, 2.75) is 15.8 Å². The first-order valence-corrected chi connectivity index (χ1v) is 7.98. The highest BCUT2D eigenvalue weighted by molar-refractivity contribution is 6.67. The zero-order chi connectivity index (χ0) is 15.8. The van der Waals surface area contributed by atoms with Gasteiger partial charge in [-0.1, -0.05) is 58.5 Å². The van der Waals surface area contributed by atoms with Crippen molar-refractivity contribution in [2.75, 3.05) is 6.61 Å². The van der Waals surface area contributed by atoms with Crippen molar-refractivity contribution in [3.63, 3.8) is 0 Å². The molecule has 0 bridgehead atoms. The topological polar surface area (TPSA) is 34.6 Å². The number of hydrogen-bond donors (Lipinski definition) is 0. The number of halogens is 4. The number of pyridine rings is 1. The van der Waals surface area contributed by atoms with Crippen LogP contribution in [-0.4, -0.2) is 15.4 Å². The second-order valence-corrected chi connectivity index (χ2v) is 7.97. The van der Waals surface area contributed by atoms with Gasteiger partial charge in [-0.2, -0.15) is 0 Å². The molecule has 0 spiro atoms. The van der Waals surface area contributed by atoms with Crippen LogP contribution in [0.2, 0.25) is 5.02 Å². The molecule has 3 rings (SSSR count). The fraction of sp³-hybridized carbons (Fsp3) is 0.267. The smallest absolute Gasteiger partial charge is 0.219 e. The largest absolute Gasteiger partial charge is 0.439 e. The van der Waals surface area contributed by atoms with Crippen molar-refractivity contribution in [1.82, 2.24) is 4.98 Å². The molecule has 3 nitrogen and oxygen atoms in total. The summed E-state index contributed by atoms with van der Waals surface area (Å²) in [4.78, 5) is 4.09. The Morgan fingerprint density at radius 3 is 2.59 bits per heavy atom. The molecular formula is C15H11Cl4NO2. The van der Waals surface area contributed by atoms with Gasteiger partial charge < -0.3 is 9.47 Å². The summed E-state index contributed by atoms with van der Waals surface area (Å²) >= 11 is 23.5. The van der Waals surface area contributed by atoms with E-state index in [1.807, 2.05) is 24.3 Å². The van der Waals surface area contributed by atoms with E-state index in [0.29, 0.717) is 23.3 Å². The lowest BCUT2D eigenvalue weighted by molar-refractivity contribution is 0.294. The quantitative estimate of drug-likeness (QED) is 0.519. The lowest BCUT2D eigenvalue weighted by atomic mass is 9.97. The van der Waals surface area contributed by atoms with Crippen LogP contribution < -0.4 is 4.74 Å². The molecule has 1 fully saturated rings. The van der Waals surface area contributed by atoms with Crippen molar-refractivity contribution in [1.29, 1.82) is 0 Å². The summed E-state index contributed by atoms with van der Waals surface area (Å²) in [5, 5.41) is 0.550. The van der Waals surface area contributed by atoms with Gasteiger partial charge in [-0.05, 0) is 23.8 Å². The van der Waals surface area contributed by atoms with Crippen LogP contribution in [0.1, 0.15) is 12.0 Å².